The second-order valence-corrected chi connectivity index (χ2v) is 11.6. The number of benzene rings is 1. The van der Waals surface area contributed by atoms with Gasteiger partial charge in [0.2, 0.25) is 0 Å². The monoisotopic (exact) mass is 544 g/mol. The van der Waals surface area contributed by atoms with E-state index >= 15 is 0 Å². The number of pyridine rings is 1. The molecule has 1 N–H and O–H groups in total. The number of aryl methyl sites for hydroxylation is 1. The number of piperidine rings is 1. The van der Waals surface area contributed by atoms with Gasteiger partial charge in [0.1, 0.15) is 23.1 Å². The predicted octanol–water partition coefficient (Wildman–Crippen LogP) is 5.31. The number of aromatic nitrogens is 3. The summed E-state index contributed by atoms with van der Waals surface area (Å²) < 4.78 is 14.3. The Hall–Kier alpha value is -3.69. The molecule has 8 nitrogen and oxygen atoms in total. The molecule has 0 atom stereocenters. The number of rotatable bonds is 2. The molecule has 1 saturated heterocycles. The fourth-order valence-corrected chi connectivity index (χ4v) is 6.35. The van der Waals surface area contributed by atoms with Gasteiger partial charge in [0.25, 0.3) is 0 Å². The molecule has 3 aliphatic heterocycles. The average molecular weight is 545 g/mol. The van der Waals surface area contributed by atoms with Crippen LogP contribution in [0.5, 0.6) is 5.75 Å². The lowest BCUT2D eigenvalue weighted by Gasteiger charge is -2.41. The molecular weight excluding hydrogens is 512 g/mol. The van der Waals surface area contributed by atoms with Gasteiger partial charge in [-0.2, -0.15) is 5.10 Å². The number of para-hydroxylation sites is 1. The van der Waals surface area contributed by atoms with E-state index in [0.29, 0.717) is 19.6 Å². The first-order valence-corrected chi connectivity index (χ1v) is 14.1. The number of ether oxygens (including phenoxy) is 2. The Morgan fingerprint density at radius 2 is 1.97 bits per heavy atom. The van der Waals surface area contributed by atoms with Crippen LogP contribution in [0.25, 0.3) is 16.2 Å². The number of fused-ring (bicyclic) bond motifs is 6. The van der Waals surface area contributed by atoms with Crippen molar-refractivity contribution in [1.82, 2.24) is 14.6 Å². The summed E-state index contributed by atoms with van der Waals surface area (Å²) >= 11 is 1.62. The summed E-state index contributed by atoms with van der Waals surface area (Å²) in [6, 6.07) is 10.2. The van der Waals surface area contributed by atoms with Crippen molar-refractivity contribution in [3.05, 3.63) is 76.4 Å². The molecule has 202 valence electrons. The minimum Gasteiger partial charge on any atom is -0.489 e. The van der Waals surface area contributed by atoms with Crippen LogP contribution in [-0.4, -0.2) is 57.6 Å². The maximum absolute atomic E-state index is 11.9. The number of hydrogen-bond donors (Lipinski definition) is 1. The van der Waals surface area contributed by atoms with Crippen LogP contribution in [0.3, 0.4) is 0 Å². The summed E-state index contributed by atoms with van der Waals surface area (Å²) in [6.45, 7) is 6.68. The standard InChI is InChI=1S/C30H32N4O4S/c1-20-19-34-25-17-24(32-34)29-31-18-22(39-29)15-21-7-3-4-8-26(21)37-13-5-6-14-38-30(2)9-11-33(12-10-30)28(25)23(20)16-27(35)36/h3-8,17-19H,9-16H2,1-2H3,(H,35,36)/b6-5+. The Bertz CT molecular complexity index is 1550. The van der Waals surface area contributed by atoms with Crippen molar-refractivity contribution in [3.8, 4) is 16.5 Å². The van der Waals surface area contributed by atoms with Gasteiger partial charge in [0.15, 0.2) is 0 Å². The molecule has 0 aliphatic carbocycles. The van der Waals surface area contributed by atoms with Crippen LogP contribution < -0.4 is 9.64 Å². The maximum atomic E-state index is 11.9. The third-order valence-corrected chi connectivity index (χ3v) is 8.68. The lowest BCUT2D eigenvalue weighted by atomic mass is 9.92. The second kappa shape index (κ2) is 10.5. The minimum atomic E-state index is -0.837. The molecule has 0 unspecified atom stereocenters. The van der Waals surface area contributed by atoms with Crippen LogP contribution in [0.15, 0.2) is 54.9 Å². The zero-order valence-corrected chi connectivity index (χ0v) is 23.0. The zero-order chi connectivity index (χ0) is 27.0. The molecule has 4 aromatic rings. The highest BCUT2D eigenvalue weighted by Gasteiger charge is 2.33. The number of nitrogens with zero attached hydrogens (tertiary/aromatic N) is 4. The lowest BCUT2D eigenvalue weighted by molar-refractivity contribution is -0.136. The minimum absolute atomic E-state index is 0.0316. The largest absolute Gasteiger partial charge is 0.489 e. The molecule has 39 heavy (non-hydrogen) atoms. The van der Waals surface area contributed by atoms with Gasteiger partial charge in [-0.1, -0.05) is 24.3 Å². The third kappa shape index (κ3) is 5.29. The molecule has 6 heterocycles. The Balaban J connectivity index is 1.45. The highest BCUT2D eigenvalue weighted by atomic mass is 32.1. The van der Waals surface area contributed by atoms with E-state index < -0.39 is 5.97 Å². The van der Waals surface area contributed by atoms with E-state index in [4.69, 9.17) is 19.6 Å². The van der Waals surface area contributed by atoms with Crippen molar-refractivity contribution in [2.24, 2.45) is 0 Å². The van der Waals surface area contributed by atoms with Gasteiger partial charge in [-0.05, 0) is 61.6 Å². The molecule has 1 aromatic carbocycles. The average Bonchev–Trinajstić information content (AvgIpc) is 3.54. The maximum Gasteiger partial charge on any atom is 0.307 e. The van der Waals surface area contributed by atoms with Crippen molar-refractivity contribution in [3.63, 3.8) is 0 Å². The van der Waals surface area contributed by atoms with E-state index in [9.17, 15) is 9.90 Å². The Morgan fingerprint density at radius 3 is 2.79 bits per heavy atom. The van der Waals surface area contributed by atoms with Crippen molar-refractivity contribution < 1.29 is 19.4 Å². The van der Waals surface area contributed by atoms with Crippen LogP contribution in [0.2, 0.25) is 0 Å². The zero-order valence-electron chi connectivity index (χ0n) is 22.2. The van der Waals surface area contributed by atoms with E-state index in [1.165, 1.54) is 0 Å². The molecule has 6 bridgehead atoms. The fraction of sp³-hybridized carbons (Fsp3) is 0.367. The first-order chi connectivity index (χ1) is 18.9. The first kappa shape index (κ1) is 25.6. The van der Waals surface area contributed by atoms with Crippen molar-refractivity contribution in [1.29, 1.82) is 0 Å². The third-order valence-electron chi connectivity index (χ3n) is 7.66. The van der Waals surface area contributed by atoms with Crippen LogP contribution >= 0.6 is 11.3 Å². The van der Waals surface area contributed by atoms with Crippen molar-refractivity contribution in [2.75, 3.05) is 31.2 Å². The molecule has 0 saturated carbocycles. The van der Waals surface area contributed by atoms with E-state index in [1.54, 1.807) is 11.3 Å². The summed E-state index contributed by atoms with van der Waals surface area (Å²) in [6.07, 6.45) is 10.2. The summed E-state index contributed by atoms with van der Waals surface area (Å²) in [7, 11) is 0. The van der Waals surface area contributed by atoms with E-state index in [2.05, 4.69) is 17.9 Å². The Kier molecular flexibility index (Phi) is 6.86. The van der Waals surface area contributed by atoms with Crippen molar-refractivity contribution >= 4 is 28.5 Å². The molecule has 3 aliphatic rings. The summed E-state index contributed by atoms with van der Waals surface area (Å²) in [5.74, 6) is 0.0289. The van der Waals surface area contributed by atoms with Gasteiger partial charge in [-0.15, -0.1) is 11.3 Å². The molecule has 7 rings (SSSR count). The number of hydrogen-bond acceptors (Lipinski definition) is 7. The Morgan fingerprint density at radius 1 is 1.18 bits per heavy atom. The highest BCUT2D eigenvalue weighted by Crippen LogP contribution is 2.37. The lowest BCUT2D eigenvalue weighted by Crippen LogP contribution is -2.45. The molecule has 3 aromatic heterocycles. The SMILES string of the molecule is Cc1cn2nc3cc2c(c1CC(=O)O)N1CCC(C)(CC1)OC/C=C/COc1ccccc1Cc1cnc-3s1. The number of aliphatic carboxylic acids is 1. The topological polar surface area (TPSA) is 89.2 Å². The fourth-order valence-electron chi connectivity index (χ4n) is 5.46. The second-order valence-electron chi connectivity index (χ2n) is 10.5. The van der Waals surface area contributed by atoms with Crippen molar-refractivity contribution in [2.45, 2.75) is 45.1 Å². The highest BCUT2D eigenvalue weighted by molar-refractivity contribution is 7.15. The van der Waals surface area contributed by atoms with Crippen LogP contribution in [0.4, 0.5) is 5.69 Å². The summed E-state index contributed by atoms with van der Waals surface area (Å²) in [4.78, 5) is 20.0. The number of carboxylic acid groups (broad SMARTS) is 1. The van der Waals surface area contributed by atoms with Gasteiger partial charge >= 0.3 is 5.97 Å². The predicted molar refractivity (Wildman–Crippen MR) is 152 cm³/mol. The molecule has 1 fully saturated rings. The summed E-state index contributed by atoms with van der Waals surface area (Å²) in [5.41, 5.74) is 5.26. The molecule has 0 radical (unpaired) electrons. The summed E-state index contributed by atoms with van der Waals surface area (Å²) in [5, 5.41) is 15.5. The van der Waals surface area contributed by atoms with Crippen LogP contribution in [0, 0.1) is 6.92 Å². The van der Waals surface area contributed by atoms with Crippen LogP contribution in [-0.2, 0) is 22.4 Å². The Labute approximate surface area is 231 Å². The number of carboxylic acids is 1. The van der Waals surface area contributed by atoms with Gasteiger partial charge in [0.05, 0.1) is 29.8 Å². The molecule has 9 heteroatoms. The van der Waals surface area contributed by atoms with Gasteiger partial charge < -0.3 is 19.5 Å². The molecule has 0 amide bonds. The van der Waals surface area contributed by atoms with Gasteiger partial charge in [0, 0.05) is 36.8 Å². The molecular formula is C30H32N4O4S. The first-order valence-electron chi connectivity index (χ1n) is 13.3. The van der Waals surface area contributed by atoms with E-state index in [-0.39, 0.29) is 12.0 Å². The smallest absolute Gasteiger partial charge is 0.307 e. The van der Waals surface area contributed by atoms with Crippen LogP contribution in [0.1, 0.15) is 41.3 Å². The molecule has 0 spiro atoms. The van der Waals surface area contributed by atoms with E-state index in [0.717, 1.165) is 75.2 Å². The number of carbonyl (C=O) groups is 1. The quantitative estimate of drug-likeness (QED) is 0.342. The van der Waals surface area contributed by atoms with E-state index in [1.807, 2.05) is 60.3 Å². The van der Waals surface area contributed by atoms with Gasteiger partial charge in [-0.25, -0.2) is 9.50 Å². The normalized spacial score (nSPS) is 18.1. The van der Waals surface area contributed by atoms with Gasteiger partial charge in [-0.3, -0.25) is 4.79 Å². The number of anilines is 1. The number of thiazole rings is 1.